The van der Waals surface area contributed by atoms with Gasteiger partial charge in [-0.05, 0) is 18.2 Å². The van der Waals surface area contributed by atoms with Crippen molar-refractivity contribution in [2.45, 2.75) is 25.6 Å². The van der Waals surface area contributed by atoms with Gasteiger partial charge in [-0.15, -0.1) is 0 Å². The summed E-state index contributed by atoms with van der Waals surface area (Å²) >= 11 is 0. The quantitative estimate of drug-likeness (QED) is 0.505. The highest BCUT2D eigenvalue weighted by molar-refractivity contribution is 5.69. The van der Waals surface area contributed by atoms with Crippen molar-refractivity contribution in [3.05, 3.63) is 65.9 Å². The smallest absolute Gasteiger partial charge is 0.149 e. The number of nitrogens with two attached hydrogens (primary N) is 1. The number of benzene rings is 1. The van der Waals surface area contributed by atoms with Gasteiger partial charge in [-0.25, -0.2) is 18.2 Å². The van der Waals surface area contributed by atoms with E-state index in [-0.39, 0.29) is 24.3 Å². The fraction of sp³-hybridized carbons (Fsp3) is 0.333. The van der Waals surface area contributed by atoms with Crippen LogP contribution in [0, 0.1) is 23.4 Å². The molecular weight excluding hydrogens is 447 g/mol. The zero-order valence-corrected chi connectivity index (χ0v) is 18.8. The Labute approximate surface area is 195 Å². The van der Waals surface area contributed by atoms with Gasteiger partial charge < -0.3 is 25.8 Å². The number of methoxy groups -OCH3 is 1. The number of anilines is 2. The van der Waals surface area contributed by atoms with E-state index < -0.39 is 34.8 Å². The van der Waals surface area contributed by atoms with Gasteiger partial charge in [-0.1, -0.05) is 6.92 Å². The number of hydrogen-bond acceptors (Lipinski definition) is 7. The maximum absolute atomic E-state index is 14.5. The SMILES string of the molecule is COc1cc(F)c(-c2nc(CNc3cnccc3N3C[C@@H](N)[C@H](O)[C@@H](C)C3)ccc2F)c(F)c1. The van der Waals surface area contributed by atoms with Crippen molar-refractivity contribution >= 4 is 11.4 Å². The zero-order chi connectivity index (χ0) is 24.4. The molecule has 34 heavy (non-hydrogen) atoms. The second kappa shape index (κ2) is 9.86. The first-order chi connectivity index (χ1) is 16.3. The number of rotatable bonds is 6. The van der Waals surface area contributed by atoms with Crippen LogP contribution in [0.5, 0.6) is 5.75 Å². The van der Waals surface area contributed by atoms with Crippen molar-refractivity contribution in [2.24, 2.45) is 11.7 Å². The Bertz CT molecular complexity index is 1140. The molecule has 3 heterocycles. The Morgan fingerprint density at radius 3 is 2.56 bits per heavy atom. The molecule has 0 radical (unpaired) electrons. The van der Waals surface area contributed by atoms with Gasteiger partial charge in [0.2, 0.25) is 0 Å². The van der Waals surface area contributed by atoms with Crippen molar-refractivity contribution in [3.8, 4) is 17.0 Å². The van der Waals surface area contributed by atoms with Crippen LogP contribution < -0.4 is 20.7 Å². The lowest BCUT2D eigenvalue weighted by Gasteiger charge is -2.40. The van der Waals surface area contributed by atoms with E-state index in [1.165, 1.54) is 13.2 Å². The molecular formula is C24H26F3N5O2. The first-order valence-electron chi connectivity index (χ1n) is 10.8. The van der Waals surface area contributed by atoms with Crippen molar-refractivity contribution in [2.75, 3.05) is 30.4 Å². The van der Waals surface area contributed by atoms with Crippen LogP contribution in [0.1, 0.15) is 12.6 Å². The van der Waals surface area contributed by atoms with Crippen molar-refractivity contribution in [1.82, 2.24) is 9.97 Å². The lowest BCUT2D eigenvalue weighted by atomic mass is 9.92. The summed E-state index contributed by atoms with van der Waals surface area (Å²) in [6, 6.07) is 5.97. The second-order valence-corrected chi connectivity index (χ2v) is 8.38. The van der Waals surface area contributed by atoms with Crippen LogP contribution in [-0.4, -0.2) is 47.4 Å². The third kappa shape index (κ3) is 4.78. The normalized spacial score (nSPS) is 20.3. The number of nitrogens with zero attached hydrogens (tertiary/aromatic N) is 3. The number of halogens is 3. The number of pyridine rings is 2. The van der Waals surface area contributed by atoms with E-state index in [1.54, 1.807) is 12.4 Å². The number of hydrogen-bond donors (Lipinski definition) is 3. The molecule has 7 nitrogen and oxygen atoms in total. The highest BCUT2D eigenvalue weighted by atomic mass is 19.1. The fourth-order valence-electron chi connectivity index (χ4n) is 4.15. The molecule has 0 spiro atoms. The van der Waals surface area contributed by atoms with Crippen LogP contribution in [0.15, 0.2) is 42.7 Å². The topological polar surface area (TPSA) is 96.5 Å². The second-order valence-electron chi connectivity index (χ2n) is 8.38. The predicted octanol–water partition coefficient (Wildman–Crippen LogP) is 3.33. The number of piperidine rings is 1. The molecule has 0 bridgehead atoms. The molecule has 1 fully saturated rings. The van der Waals surface area contributed by atoms with Gasteiger partial charge in [0.25, 0.3) is 0 Å². The van der Waals surface area contributed by atoms with Crippen LogP contribution in [0.2, 0.25) is 0 Å². The molecule has 4 rings (SSSR count). The maximum atomic E-state index is 14.5. The molecule has 1 aliphatic rings. The Morgan fingerprint density at radius 2 is 1.88 bits per heavy atom. The summed E-state index contributed by atoms with van der Waals surface area (Å²) in [5.41, 5.74) is 7.03. The van der Waals surface area contributed by atoms with Gasteiger partial charge in [0.1, 0.15) is 28.9 Å². The molecule has 1 aromatic carbocycles. The third-order valence-electron chi connectivity index (χ3n) is 5.95. The van der Waals surface area contributed by atoms with E-state index in [0.717, 1.165) is 23.9 Å². The van der Waals surface area contributed by atoms with Crippen molar-refractivity contribution in [1.29, 1.82) is 0 Å². The summed E-state index contributed by atoms with van der Waals surface area (Å²) in [6.45, 7) is 3.18. The lowest BCUT2D eigenvalue weighted by Crippen LogP contribution is -2.55. The summed E-state index contributed by atoms with van der Waals surface area (Å²) in [6.07, 6.45) is 2.73. The summed E-state index contributed by atoms with van der Waals surface area (Å²) in [7, 11) is 1.28. The Hall–Kier alpha value is -3.37. The van der Waals surface area contributed by atoms with E-state index >= 15 is 0 Å². The number of aromatic nitrogens is 2. The maximum Gasteiger partial charge on any atom is 0.149 e. The molecule has 0 unspecified atom stereocenters. The van der Waals surface area contributed by atoms with Gasteiger partial charge >= 0.3 is 0 Å². The fourth-order valence-corrected chi connectivity index (χ4v) is 4.15. The Balaban J connectivity index is 1.58. The molecule has 0 amide bonds. The lowest BCUT2D eigenvalue weighted by molar-refractivity contribution is 0.0785. The van der Waals surface area contributed by atoms with E-state index in [1.807, 2.05) is 13.0 Å². The minimum atomic E-state index is -0.972. The van der Waals surface area contributed by atoms with Crippen LogP contribution >= 0.6 is 0 Å². The molecule has 10 heteroatoms. The summed E-state index contributed by atoms with van der Waals surface area (Å²) in [5.74, 6) is -2.81. The predicted molar refractivity (Wildman–Crippen MR) is 123 cm³/mol. The van der Waals surface area contributed by atoms with Crippen LogP contribution in [0.25, 0.3) is 11.3 Å². The first-order valence-corrected chi connectivity index (χ1v) is 10.8. The third-order valence-corrected chi connectivity index (χ3v) is 5.95. The Morgan fingerprint density at radius 1 is 1.15 bits per heavy atom. The molecule has 1 saturated heterocycles. The molecule has 0 saturated carbocycles. The highest BCUT2D eigenvalue weighted by Crippen LogP contribution is 2.32. The zero-order valence-electron chi connectivity index (χ0n) is 18.8. The molecule has 4 N–H and O–H groups in total. The standard InChI is InChI=1S/C24H26F3N5O2/c1-13-11-32(12-19(28)24(13)33)21-5-6-29-10-20(21)30-9-14-3-4-16(25)23(31-14)22-17(26)7-15(34-2)8-18(22)27/h3-8,10,13,19,24,30,33H,9,11-12,28H2,1-2H3/t13-,19+,24+/m0/s1. The van der Waals surface area contributed by atoms with Crippen LogP contribution in [-0.2, 0) is 6.54 Å². The van der Waals surface area contributed by atoms with Crippen LogP contribution in [0.4, 0.5) is 24.5 Å². The number of aliphatic hydroxyl groups excluding tert-OH is 1. The number of nitrogens with one attached hydrogen (secondary N) is 1. The molecule has 0 aliphatic carbocycles. The summed E-state index contributed by atoms with van der Waals surface area (Å²) in [5, 5.41) is 13.4. The summed E-state index contributed by atoms with van der Waals surface area (Å²) < 4.78 is 48.4. The average molecular weight is 473 g/mol. The van der Waals surface area contributed by atoms with E-state index in [0.29, 0.717) is 24.5 Å². The van der Waals surface area contributed by atoms with Gasteiger partial charge in [-0.3, -0.25) is 4.98 Å². The first kappa shape index (κ1) is 23.8. The largest absolute Gasteiger partial charge is 0.497 e. The van der Waals surface area contributed by atoms with Gasteiger partial charge in [0.05, 0.1) is 48.6 Å². The van der Waals surface area contributed by atoms with Crippen LogP contribution in [0.3, 0.4) is 0 Å². The number of aliphatic hydroxyl groups is 1. The van der Waals surface area contributed by atoms with Gasteiger partial charge in [-0.2, -0.15) is 0 Å². The Kier molecular flexibility index (Phi) is 6.90. The average Bonchev–Trinajstić information content (AvgIpc) is 2.82. The van der Waals surface area contributed by atoms with E-state index in [9.17, 15) is 18.3 Å². The monoisotopic (exact) mass is 473 g/mol. The van der Waals surface area contributed by atoms with E-state index in [4.69, 9.17) is 10.5 Å². The minimum absolute atomic E-state index is 0.0135. The number of ether oxygens (including phenoxy) is 1. The molecule has 2 aromatic heterocycles. The van der Waals surface area contributed by atoms with Crippen molar-refractivity contribution in [3.63, 3.8) is 0 Å². The van der Waals surface area contributed by atoms with Gasteiger partial charge in [0, 0.05) is 43.4 Å². The molecule has 180 valence electrons. The minimum Gasteiger partial charge on any atom is -0.497 e. The van der Waals surface area contributed by atoms with E-state index in [2.05, 4.69) is 20.2 Å². The molecule has 3 aromatic rings. The molecule has 1 aliphatic heterocycles. The molecule has 3 atom stereocenters. The summed E-state index contributed by atoms with van der Waals surface area (Å²) in [4.78, 5) is 10.4. The van der Waals surface area contributed by atoms with Gasteiger partial charge in [0.15, 0.2) is 0 Å². The van der Waals surface area contributed by atoms with Crippen molar-refractivity contribution < 1.29 is 23.0 Å². The highest BCUT2D eigenvalue weighted by Gasteiger charge is 2.31.